The SMILES string of the molecule is CCOC(=O)Cc1csc(NC(=O)c2cc(-c3cccnc3)nc3ccccc23)n1. The van der Waals surface area contributed by atoms with Crippen molar-refractivity contribution in [3.8, 4) is 11.3 Å². The fourth-order valence-electron chi connectivity index (χ4n) is 3.00. The van der Waals surface area contributed by atoms with Gasteiger partial charge in [-0.1, -0.05) is 18.2 Å². The molecule has 7 nitrogen and oxygen atoms in total. The summed E-state index contributed by atoms with van der Waals surface area (Å²) in [6.07, 6.45) is 3.47. The summed E-state index contributed by atoms with van der Waals surface area (Å²) in [5.41, 5.74) is 3.24. The van der Waals surface area contributed by atoms with Crippen LogP contribution >= 0.6 is 11.3 Å². The van der Waals surface area contributed by atoms with E-state index in [1.165, 1.54) is 11.3 Å². The summed E-state index contributed by atoms with van der Waals surface area (Å²) in [6, 6.07) is 13.0. The Morgan fingerprint density at radius 2 is 2.00 bits per heavy atom. The number of anilines is 1. The molecule has 1 aromatic carbocycles. The molecule has 1 N–H and O–H groups in total. The lowest BCUT2D eigenvalue weighted by Gasteiger charge is -2.09. The van der Waals surface area contributed by atoms with Crippen LogP contribution in [0.2, 0.25) is 0 Å². The number of ether oxygens (including phenoxy) is 1. The summed E-state index contributed by atoms with van der Waals surface area (Å²) < 4.78 is 4.94. The summed E-state index contributed by atoms with van der Waals surface area (Å²) in [7, 11) is 0. The van der Waals surface area contributed by atoms with Crippen LogP contribution < -0.4 is 5.32 Å². The van der Waals surface area contributed by atoms with Crippen molar-refractivity contribution in [2.75, 3.05) is 11.9 Å². The second-order valence-corrected chi connectivity index (χ2v) is 7.25. The molecule has 150 valence electrons. The average Bonchev–Trinajstić information content (AvgIpc) is 3.20. The third kappa shape index (κ3) is 4.33. The van der Waals surface area contributed by atoms with Crippen LogP contribution in [0.15, 0.2) is 60.2 Å². The van der Waals surface area contributed by atoms with Gasteiger partial charge < -0.3 is 4.74 Å². The molecule has 4 aromatic rings. The van der Waals surface area contributed by atoms with Gasteiger partial charge in [0.25, 0.3) is 5.91 Å². The van der Waals surface area contributed by atoms with E-state index in [2.05, 4.69) is 20.3 Å². The molecule has 0 aliphatic rings. The van der Waals surface area contributed by atoms with Crippen LogP contribution in [0.4, 0.5) is 5.13 Å². The zero-order valence-corrected chi connectivity index (χ0v) is 17.0. The van der Waals surface area contributed by atoms with Gasteiger partial charge in [-0.25, -0.2) is 9.97 Å². The van der Waals surface area contributed by atoms with E-state index in [0.717, 1.165) is 10.9 Å². The number of carbonyl (C=O) groups is 2. The lowest BCUT2D eigenvalue weighted by molar-refractivity contribution is -0.142. The summed E-state index contributed by atoms with van der Waals surface area (Å²) >= 11 is 1.26. The van der Waals surface area contributed by atoms with Crippen LogP contribution in [0.25, 0.3) is 22.2 Å². The molecule has 0 radical (unpaired) electrons. The number of benzene rings is 1. The summed E-state index contributed by atoms with van der Waals surface area (Å²) in [5.74, 6) is -0.641. The van der Waals surface area contributed by atoms with Gasteiger partial charge in [-0.15, -0.1) is 11.3 Å². The van der Waals surface area contributed by atoms with Gasteiger partial charge >= 0.3 is 5.97 Å². The van der Waals surface area contributed by atoms with Crippen LogP contribution in [0.1, 0.15) is 23.0 Å². The molecule has 8 heteroatoms. The second kappa shape index (κ2) is 8.79. The Bertz CT molecular complexity index is 1210. The molecular formula is C22H18N4O3S. The highest BCUT2D eigenvalue weighted by atomic mass is 32.1. The van der Waals surface area contributed by atoms with E-state index < -0.39 is 0 Å². The lowest BCUT2D eigenvalue weighted by Crippen LogP contribution is -2.13. The van der Waals surface area contributed by atoms with Crippen LogP contribution in [0.5, 0.6) is 0 Å². The molecule has 0 spiro atoms. The molecule has 0 saturated carbocycles. The molecule has 0 aliphatic carbocycles. The highest BCUT2D eigenvalue weighted by Crippen LogP contribution is 2.26. The van der Waals surface area contributed by atoms with Gasteiger partial charge in [0.15, 0.2) is 5.13 Å². The Kier molecular flexibility index (Phi) is 5.76. The number of rotatable bonds is 6. The molecule has 1 amide bonds. The van der Waals surface area contributed by atoms with Crippen molar-refractivity contribution in [1.82, 2.24) is 15.0 Å². The zero-order valence-electron chi connectivity index (χ0n) is 16.2. The minimum atomic E-state index is -0.345. The average molecular weight is 418 g/mol. The Balaban J connectivity index is 1.63. The Hall–Kier alpha value is -3.65. The highest BCUT2D eigenvalue weighted by molar-refractivity contribution is 7.14. The van der Waals surface area contributed by atoms with Gasteiger partial charge in [0.05, 0.1) is 35.5 Å². The minimum absolute atomic E-state index is 0.0730. The lowest BCUT2D eigenvalue weighted by atomic mass is 10.0. The van der Waals surface area contributed by atoms with Crippen LogP contribution in [-0.4, -0.2) is 33.4 Å². The number of hydrogen-bond donors (Lipinski definition) is 1. The minimum Gasteiger partial charge on any atom is -0.466 e. The molecule has 0 fully saturated rings. The number of hydrogen-bond acceptors (Lipinski definition) is 7. The van der Waals surface area contributed by atoms with Crippen molar-refractivity contribution in [3.63, 3.8) is 0 Å². The van der Waals surface area contributed by atoms with Crippen molar-refractivity contribution >= 4 is 39.2 Å². The van der Waals surface area contributed by atoms with E-state index >= 15 is 0 Å². The van der Waals surface area contributed by atoms with E-state index in [0.29, 0.717) is 34.2 Å². The molecule has 0 aliphatic heterocycles. The molecule has 0 bridgehead atoms. The second-order valence-electron chi connectivity index (χ2n) is 6.39. The van der Waals surface area contributed by atoms with E-state index in [4.69, 9.17) is 4.74 Å². The van der Waals surface area contributed by atoms with E-state index in [1.807, 2.05) is 36.4 Å². The smallest absolute Gasteiger partial charge is 0.311 e. The van der Waals surface area contributed by atoms with E-state index in [9.17, 15) is 9.59 Å². The first-order valence-electron chi connectivity index (χ1n) is 9.35. The van der Waals surface area contributed by atoms with Crippen molar-refractivity contribution in [2.45, 2.75) is 13.3 Å². The number of thiazole rings is 1. The highest BCUT2D eigenvalue weighted by Gasteiger charge is 2.16. The van der Waals surface area contributed by atoms with Gasteiger partial charge in [0.2, 0.25) is 0 Å². The van der Waals surface area contributed by atoms with Gasteiger partial charge in [-0.05, 0) is 31.2 Å². The van der Waals surface area contributed by atoms with Crippen molar-refractivity contribution < 1.29 is 14.3 Å². The Labute approximate surface area is 176 Å². The number of fused-ring (bicyclic) bond motifs is 1. The Morgan fingerprint density at radius 3 is 2.80 bits per heavy atom. The predicted octanol–water partition coefficient (Wildman–Crippen LogP) is 4.11. The number of nitrogens with zero attached hydrogens (tertiary/aromatic N) is 3. The van der Waals surface area contributed by atoms with Crippen LogP contribution in [0.3, 0.4) is 0 Å². The molecule has 30 heavy (non-hydrogen) atoms. The summed E-state index contributed by atoms with van der Waals surface area (Å²) in [5, 5.41) is 5.72. The topological polar surface area (TPSA) is 94.1 Å². The third-order valence-electron chi connectivity index (χ3n) is 4.32. The largest absolute Gasteiger partial charge is 0.466 e. The van der Waals surface area contributed by atoms with Gasteiger partial charge in [0.1, 0.15) is 0 Å². The van der Waals surface area contributed by atoms with E-state index in [-0.39, 0.29) is 18.3 Å². The number of esters is 1. The maximum Gasteiger partial charge on any atom is 0.311 e. The fourth-order valence-corrected chi connectivity index (χ4v) is 3.70. The number of aromatic nitrogens is 3. The number of carbonyl (C=O) groups excluding carboxylic acids is 2. The van der Waals surface area contributed by atoms with Crippen molar-refractivity contribution in [1.29, 1.82) is 0 Å². The predicted molar refractivity (Wildman–Crippen MR) is 115 cm³/mol. The normalized spacial score (nSPS) is 10.7. The number of nitrogens with one attached hydrogen (secondary N) is 1. The maximum atomic E-state index is 13.1. The molecule has 0 saturated heterocycles. The van der Waals surface area contributed by atoms with Crippen molar-refractivity contribution in [2.24, 2.45) is 0 Å². The number of amides is 1. The monoisotopic (exact) mass is 418 g/mol. The molecule has 4 rings (SSSR count). The molecule has 0 atom stereocenters. The van der Waals surface area contributed by atoms with Gasteiger partial charge in [-0.3, -0.25) is 19.9 Å². The summed E-state index contributed by atoms with van der Waals surface area (Å²) in [4.78, 5) is 37.8. The Morgan fingerprint density at radius 1 is 1.13 bits per heavy atom. The fraction of sp³-hybridized carbons (Fsp3) is 0.136. The molecule has 3 aromatic heterocycles. The molecule has 0 unspecified atom stereocenters. The number of para-hydroxylation sites is 1. The van der Waals surface area contributed by atoms with Gasteiger partial charge in [0, 0.05) is 28.7 Å². The van der Waals surface area contributed by atoms with Crippen molar-refractivity contribution in [3.05, 3.63) is 71.5 Å². The molecular weight excluding hydrogens is 400 g/mol. The zero-order chi connectivity index (χ0) is 20.9. The first-order chi connectivity index (χ1) is 14.6. The first kappa shape index (κ1) is 19.7. The maximum absolute atomic E-state index is 13.1. The van der Waals surface area contributed by atoms with E-state index in [1.54, 1.807) is 30.8 Å². The summed E-state index contributed by atoms with van der Waals surface area (Å²) in [6.45, 7) is 2.07. The van der Waals surface area contributed by atoms with Crippen LogP contribution in [-0.2, 0) is 16.0 Å². The van der Waals surface area contributed by atoms with Gasteiger partial charge in [-0.2, -0.15) is 0 Å². The molecule has 3 heterocycles. The third-order valence-corrected chi connectivity index (χ3v) is 5.13. The number of pyridine rings is 2. The van der Waals surface area contributed by atoms with Crippen LogP contribution in [0, 0.1) is 0 Å². The quantitative estimate of drug-likeness (QED) is 0.474. The standard InChI is InChI=1S/C22H18N4O3S/c1-2-29-20(27)10-15-13-30-22(24-15)26-21(28)17-11-19(14-6-5-9-23-12-14)25-18-8-4-3-7-16(17)18/h3-9,11-13H,2,10H2,1H3,(H,24,26,28). The first-order valence-corrected chi connectivity index (χ1v) is 10.2.